The van der Waals surface area contributed by atoms with E-state index in [0.717, 1.165) is 0 Å². The minimum absolute atomic E-state index is 0.114. The number of benzene rings is 1. The summed E-state index contributed by atoms with van der Waals surface area (Å²) in [7, 11) is 0. The number of carbonyl (C=O) groups excluding carboxylic acids is 1. The van der Waals surface area contributed by atoms with Gasteiger partial charge in [0, 0.05) is 5.56 Å². The Hall–Kier alpha value is -0.220. The van der Waals surface area contributed by atoms with Crippen molar-refractivity contribution < 1.29 is 9.18 Å². The normalized spacial score (nSPS) is 12.6. The molecule has 0 N–H and O–H groups in total. The van der Waals surface area contributed by atoms with E-state index in [4.69, 9.17) is 0 Å². The molecule has 0 saturated carbocycles. The zero-order valence-electron chi connectivity index (χ0n) is 6.85. The number of hydrogen-bond donors (Lipinski definition) is 0. The molecule has 0 aliphatic heterocycles. The number of rotatable bonds is 2. The van der Waals surface area contributed by atoms with Gasteiger partial charge in [0.25, 0.3) is 0 Å². The number of alkyl halides is 1. The third-order valence-corrected chi connectivity index (χ3v) is 3.36. The molecule has 13 heavy (non-hydrogen) atoms. The van der Waals surface area contributed by atoms with Gasteiger partial charge >= 0.3 is 0 Å². The molecular weight excluding hydrogens is 303 g/mol. The van der Waals surface area contributed by atoms with Crippen LogP contribution in [0.4, 0.5) is 4.39 Å². The summed E-state index contributed by atoms with van der Waals surface area (Å²) in [6.07, 6.45) is 0. The van der Waals surface area contributed by atoms with Crippen molar-refractivity contribution in [3.05, 3.63) is 34.1 Å². The maximum atomic E-state index is 13.4. The second kappa shape index (κ2) is 4.33. The molecule has 1 aromatic rings. The summed E-state index contributed by atoms with van der Waals surface area (Å²) >= 11 is 6.18. The van der Waals surface area contributed by atoms with Gasteiger partial charge in [-0.2, -0.15) is 0 Å². The second-order valence-corrected chi connectivity index (χ2v) is 4.39. The fourth-order valence-electron chi connectivity index (χ4n) is 0.935. The lowest BCUT2D eigenvalue weighted by molar-refractivity contribution is -0.116. The van der Waals surface area contributed by atoms with Crippen molar-refractivity contribution in [2.75, 3.05) is 0 Å². The van der Waals surface area contributed by atoms with Gasteiger partial charge in [-0.15, -0.1) is 0 Å². The molecule has 0 heterocycles. The Morgan fingerprint density at radius 2 is 2.15 bits per heavy atom. The van der Waals surface area contributed by atoms with Crippen LogP contribution in [-0.4, -0.2) is 5.78 Å². The first kappa shape index (κ1) is 10.9. The zero-order chi connectivity index (χ0) is 10.0. The molecule has 1 rings (SSSR count). The Kier molecular flexibility index (Phi) is 3.62. The molecule has 1 unspecified atom stereocenters. The smallest absolute Gasteiger partial charge is 0.147 e. The molecule has 1 nitrogen and oxygen atoms in total. The van der Waals surface area contributed by atoms with Crippen LogP contribution in [0.1, 0.15) is 17.3 Å². The third-order valence-electron chi connectivity index (χ3n) is 1.61. The van der Waals surface area contributed by atoms with Crippen molar-refractivity contribution in [3.63, 3.8) is 0 Å². The first-order chi connectivity index (χ1) is 6.04. The molecule has 0 saturated heterocycles. The van der Waals surface area contributed by atoms with Crippen molar-refractivity contribution in [2.24, 2.45) is 0 Å². The Morgan fingerprint density at radius 3 is 2.69 bits per heavy atom. The van der Waals surface area contributed by atoms with Gasteiger partial charge in [-0.25, -0.2) is 4.39 Å². The van der Waals surface area contributed by atoms with E-state index in [-0.39, 0.29) is 11.6 Å². The molecule has 0 aliphatic carbocycles. The number of halogens is 3. The molecule has 0 fully saturated rings. The van der Waals surface area contributed by atoms with E-state index in [2.05, 4.69) is 31.9 Å². The van der Waals surface area contributed by atoms with Gasteiger partial charge in [0.05, 0.1) is 4.47 Å². The summed E-state index contributed by atoms with van der Waals surface area (Å²) in [5, 5.41) is 0. The molecule has 4 heteroatoms. The minimum atomic E-state index is -0.565. The van der Waals surface area contributed by atoms with Crippen LogP contribution in [0.3, 0.4) is 0 Å². The number of ketones is 1. The first-order valence-corrected chi connectivity index (χ1v) is 5.33. The summed E-state index contributed by atoms with van der Waals surface area (Å²) in [6, 6.07) is 4.87. The van der Waals surface area contributed by atoms with Crippen LogP contribution < -0.4 is 0 Å². The van der Waals surface area contributed by atoms with Gasteiger partial charge in [0.1, 0.15) is 16.4 Å². The monoisotopic (exact) mass is 308 g/mol. The van der Waals surface area contributed by atoms with E-state index in [1.165, 1.54) is 6.92 Å². The van der Waals surface area contributed by atoms with E-state index in [1.54, 1.807) is 18.2 Å². The van der Waals surface area contributed by atoms with E-state index in [1.807, 2.05) is 0 Å². The quantitative estimate of drug-likeness (QED) is 0.763. The van der Waals surface area contributed by atoms with Crippen LogP contribution in [0.2, 0.25) is 0 Å². The van der Waals surface area contributed by atoms with Crippen LogP contribution in [0, 0.1) is 5.82 Å². The van der Waals surface area contributed by atoms with Crippen LogP contribution in [0.15, 0.2) is 22.7 Å². The van der Waals surface area contributed by atoms with Crippen molar-refractivity contribution >= 4 is 37.6 Å². The highest BCUT2D eigenvalue weighted by Gasteiger charge is 2.17. The Bertz CT molecular complexity index is 338. The van der Waals surface area contributed by atoms with Gasteiger partial charge in [-0.05, 0) is 28.9 Å². The number of carbonyl (C=O) groups is 1. The lowest BCUT2D eigenvalue weighted by Crippen LogP contribution is -2.03. The van der Waals surface area contributed by atoms with E-state index >= 15 is 0 Å². The third kappa shape index (κ3) is 2.38. The molecule has 0 aromatic heterocycles. The molecule has 70 valence electrons. The molecule has 0 bridgehead atoms. The molecule has 1 aromatic carbocycles. The van der Waals surface area contributed by atoms with Crippen LogP contribution in [0.5, 0.6) is 0 Å². The van der Waals surface area contributed by atoms with Crippen molar-refractivity contribution in [2.45, 2.75) is 11.8 Å². The van der Waals surface area contributed by atoms with E-state index in [9.17, 15) is 9.18 Å². The summed E-state index contributed by atoms with van der Waals surface area (Å²) in [6.45, 7) is 1.42. The molecule has 0 amide bonds. The highest BCUT2D eigenvalue weighted by molar-refractivity contribution is 9.10. The Balaban J connectivity index is 3.15. The average molecular weight is 310 g/mol. The first-order valence-electron chi connectivity index (χ1n) is 3.62. The Morgan fingerprint density at radius 1 is 1.54 bits per heavy atom. The van der Waals surface area contributed by atoms with Crippen LogP contribution in [-0.2, 0) is 4.79 Å². The largest absolute Gasteiger partial charge is 0.298 e. The molecule has 1 atom stereocenters. The van der Waals surface area contributed by atoms with Gasteiger partial charge in [0.2, 0.25) is 0 Å². The average Bonchev–Trinajstić information content (AvgIpc) is 2.08. The predicted molar refractivity (Wildman–Crippen MR) is 56.4 cm³/mol. The molecule has 0 spiro atoms. The maximum Gasteiger partial charge on any atom is 0.147 e. The van der Waals surface area contributed by atoms with Crippen LogP contribution in [0.25, 0.3) is 0 Å². The van der Waals surface area contributed by atoms with Gasteiger partial charge in [-0.1, -0.05) is 28.1 Å². The van der Waals surface area contributed by atoms with E-state index < -0.39 is 4.83 Å². The Labute approximate surface area is 92.6 Å². The highest BCUT2D eigenvalue weighted by atomic mass is 79.9. The standard InChI is InChI=1S/C9H7Br2FO/c1-5(13)8(11)6-3-2-4-7(10)9(6)12/h2-4,8H,1H3. The second-order valence-electron chi connectivity index (χ2n) is 2.62. The fourth-order valence-corrected chi connectivity index (χ4v) is 1.67. The SMILES string of the molecule is CC(=O)C(Br)c1cccc(Br)c1F. The summed E-state index contributed by atoms with van der Waals surface area (Å²) in [4.78, 5) is 10.4. The van der Waals surface area contributed by atoms with Crippen molar-refractivity contribution in [3.8, 4) is 0 Å². The lowest BCUT2D eigenvalue weighted by atomic mass is 10.1. The molecule has 0 radical (unpaired) electrons. The molecular formula is C9H7Br2FO. The van der Waals surface area contributed by atoms with Gasteiger partial charge < -0.3 is 0 Å². The fraction of sp³-hybridized carbons (Fsp3) is 0.222. The van der Waals surface area contributed by atoms with Crippen molar-refractivity contribution in [1.29, 1.82) is 0 Å². The summed E-state index contributed by atoms with van der Waals surface area (Å²) in [5.74, 6) is -0.503. The van der Waals surface area contributed by atoms with Gasteiger partial charge in [-0.3, -0.25) is 4.79 Å². The summed E-state index contributed by atoms with van der Waals surface area (Å²) in [5.41, 5.74) is 0.363. The van der Waals surface area contributed by atoms with Crippen molar-refractivity contribution in [1.82, 2.24) is 0 Å². The van der Waals surface area contributed by atoms with Crippen LogP contribution >= 0.6 is 31.9 Å². The molecule has 0 aliphatic rings. The minimum Gasteiger partial charge on any atom is -0.298 e. The maximum absolute atomic E-state index is 13.4. The lowest BCUT2D eigenvalue weighted by Gasteiger charge is -2.07. The van der Waals surface area contributed by atoms with Gasteiger partial charge in [0.15, 0.2) is 0 Å². The predicted octanol–water partition coefficient (Wildman–Crippen LogP) is 3.61. The number of hydrogen-bond acceptors (Lipinski definition) is 1. The van der Waals surface area contributed by atoms with E-state index in [0.29, 0.717) is 10.0 Å². The zero-order valence-corrected chi connectivity index (χ0v) is 10.0. The topological polar surface area (TPSA) is 17.1 Å². The highest BCUT2D eigenvalue weighted by Crippen LogP contribution is 2.29. The summed E-state index contributed by atoms with van der Waals surface area (Å²) < 4.78 is 13.8. The number of Topliss-reactive ketones (excluding diaryl/α,β-unsaturated/α-hetero) is 1.